The van der Waals surface area contributed by atoms with Crippen LogP contribution in [0.5, 0.6) is 5.75 Å². The van der Waals surface area contributed by atoms with E-state index >= 15 is 0 Å². The lowest BCUT2D eigenvalue weighted by molar-refractivity contribution is -0.385. The van der Waals surface area contributed by atoms with Crippen LogP contribution in [-0.4, -0.2) is 15.9 Å². The molecule has 21 heavy (non-hydrogen) atoms. The summed E-state index contributed by atoms with van der Waals surface area (Å²) in [5.74, 6) is -1.36. The Morgan fingerprint density at radius 2 is 2.05 bits per heavy atom. The first kappa shape index (κ1) is 14.8. The first-order valence-corrected chi connectivity index (χ1v) is 6.32. The molecule has 0 aliphatic rings. The largest absolute Gasteiger partial charge is 0.502 e. The van der Waals surface area contributed by atoms with E-state index in [1.54, 1.807) is 18.2 Å². The fourth-order valence-electron chi connectivity index (χ4n) is 1.77. The molecule has 0 aliphatic carbocycles. The SMILES string of the molecule is Cc1ccc(NC(=O)c2cccc([N+](=O)[O-])c2O)c(Cl)c1. The molecule has 6 nitrogen and oxygen atoms in total. The molecule has 0 radical (unpaired) electrons. The first-order valence-electron chi connectivity index (χ1n) is 5.94. The molecule has 108 valence electrons. The number of amides is 1. The van der Waals surface area contributed by atoms with Gasteiger partial charge in [-0.25, -0.2) is 0 Å². The van der Waals surface area contributed by atoms with Gasteiger partial charge in [0.25, 0.3) is 5.91 Å². The van der Waals surface area contributed by atoms with Crippen LogP contribution in [0.25, 0.3) is 0 Å². The molecular weight excluding hydrogens is 296 g/mol. The van der Waals surface area contributed by atoms with Gasteiger partial charge in [0, 0.05) is 6.07 Å². The number of nitrogens with zero attached hydrogens (tertiary/aromatic N) is 1. The van der Waals surface area contributed by atoms with E-state index in [0.717, 1.165) is 11.6 Å². The average Bonchev–Trinajstić information content (AvgIpc) is 2.41. The minimum Gasteiger partial charge on any atom is -0.502 e. The number of phenols is 1. The van der Waals surface area contributed by atoms with Crippen molar-refractivity contribution in [1.29, 1.82) is 0 Å². The molecule has 2 N–H and O–H groups in total. The van der Waals surface area contributed by atoms with E-state index in [9.17, 15) is 20.0 Å². The minimum atomic E-state index is -0.759. The summed E-state index contributed by atoms with van der Waals surface area (Å²) >= 11 is 6.00. The summed E-state index contributed by atoms with van der Waals surface area (Å²) in [4.78, 5) is 22.1. The van der Waals surface area contributed by atoms with Gasteiger partial charge in [0.05, 0.1) is 21.2 Å². The topological polar surface area (TPSA) is 92.5 Å². The lowest BCUT2D eigenvalue weighted by Gasteiger charge is -2.09. The Kier molecular flexibility index (Phi) is 4.09. The van der Waals surface area contributed by atoms with Crippen LogP contribution in [0.4, 0.5) is 11.4 Å². The molecule has 0 spiro atoms. The van der Waals surface area contributed by atoms with Crippen LogP contribution in [0.15, 0.2) is 36.4 Å². The Morgan fingerprint density at radius 3 is 2.67 bits per heavy atom. The molecule has 0 unspecified atom stereocenters. The lowest BCUT2D eigenvalue weighted by atomic mass is 10.1. The van der Waals surface area contributed by atoms with Gasteiger partial charge in [0.1, 0.15) is 0 Å². The standard InChI is InChI=1S/C14H11ClN2O4/c1-8-5-6-11(10(15)7-8)16-14(19)9-3-2-4-12(13(9)18)17(20)21/h2-7,18H,1H3,(H,16,19). The van der Waals surface area contributed by atoms with Gasteiger partial charge in [0.2, 0.25) is 5.75 Å². The third kappa shape index (κ3) is 3.11. The molecule has 1 amide bonds. The van der Waals surface area contributed by atoms with Crippen LogP contribution in [0, 0.1) is 17.0 Å². The van der Waals surface area contributed by atoms with E-state index < -0.39 is 22.3 Å². The van der Waals surface area contributed by atoms with Gasteiger partial charge in [-0.3, -0.25) is 14.9 Å². The number of hydrogen-bond donors (Lipinski definition) is 2. The van der Waals surface area contributed by atoms with Crippen LogP contribution >= 0.6 is 11.6 Å². The highest BCUT2D eigenvalue weighted by atomic mass is 35.5. The Labute approximate surface area is 125 Å². The molecule has 7 heteroatoms. The van der Waals surface area contributed by atoms with Crippen LogP contribution in [0.3, 0.4) is 0 Å². The smallest absolute Gasteiger partial charge is 0.311 e. The van der Waals surface area contributed by atoms with Crippen molar-refractivity contribution in [3.63, 3.8) is 0 Å². The van der Waals surface area contributed by atoms with E-state index in [0.29, 0.717) is 10.7 Å². The second-order valence-corrected chi connectivity index (χ2v) is 4.78. The van der Waals surface area contributed by atoms with E-state index in [-0.39, 0.29) is 5.56 Å². The zero-order chi connectivity index (χ0) is 15.6. The van der Waals surface area contributed by atoms with Gasteiger partial charge in [-0.05, 0) is 30.7 Å². The molecule has 0 aliphatic heterocycles. The van der Waals surface area contributed by atoms with Crippen molar-refractivity contribution >= 4 is 28.9 Å². The number of anilines is 1. The molecule has 2 rings (SSSR count). The highest BCUT2D eigenvalue weighted by molar-refractivity contribution is 6.34. The normalized spacial score (nSPS) is 10.2. The molecule has 0 bridgehead atoms. The molecular formula is C14H11ClN2O4. The number of carbonyl (C=O) groups excluding carboxylic acids is 1. The number of nitro groups is 1. The van der Waals surface area contributed by atoms with E-state index in [2.05, 4.69) is 5.32 Å². The molecule has 0 fully saturated rings. The lowest BCUT2D eigenvalue weighted by Crippen LogP contribution is -2.13. The fourth-order valence-corrected chi connectivity index (χ4v) is 2.06. The highest BCUT2D eigenvalue weighted by Crippen LogP contribution is 2.30. The third-order valence-corrected chi connectivity index (χ3v) is 3.14. The Hall–Kier alpha value is -2.60. The fraction of sp³-hybridized carbons (Fsp3) is 0.0714. The summed E-state index contributed by atoms with van der Waals surface area (Å²) in [6.07, 6.45) is 0. The monoisotopic (exact) mass is 306 g/mol. The van der Waals surface area contributed by atoms with E-state index in [1.807, 2.05) is 6.92 Å². The predicted molar refractivity (Wildman–Crippen MR) is 78.9 cm³/mol. The summed E-state index contributed by atoms with van der Waals surface area (Å²) in [6.45, 7) is 1.85. The van der Waals surface area contributed by atoms with Gasteiger partial charge < -0.3 is 10.4 Å². The van der Waals surface area contributed by atoms with Crippen molar-refractivity contribution < 1.29 is 14.8 Å². The van der Waals surface area contributed by atoms with Crippen LogP contribution in [-0.2, 0) is 0 Å². The molecule has 0 heterocycles. The summed E-state index contributed by atoms with van der Waals surface area (Å²) in [5.41, 5.74) is 0.563. The van der Waals surface area contributed by atoms with Crippen molar-refractivity contribution in [2.75, 3.05) is 5.32 Å². The minimum absolute atomic E-state index is 0.194. The van der Waals surface area contributed by atoms with Gasteiger partial charge in [0.15, 0.2) is 0 Å². The molecule has 0 aromatic heterocycles. The Balaban J connectivity index is 2.33. The number of phenolic OH excluding ortho intramolecular Hbond substituents is 1. The molecule has 0 saturated heterocycles. The quantitative estimate of drug-likeness (QED) is 0.670. The number of halogens is 1. The second kappa shape index (κ2) is 5.80. The maximum atomic E-state index is 12.1. The molecule has 2 aromatic rings. The number of hydrogen-bond acceptors (Lipinski definition) is 4. The number of aryl methyl sites for hydroxylation is 1. The number of aromatic hydroxyl groups is 1. The summed E-state index contributed by atoms with van der Waals surface area (Å²) in [6, 6.07) is 8.78. The van der Waals surface area contributed by atoms with Gasteiger partial charge in [-0.2, -0.15) is 0 Å². The number of nitrogens with one attached hydrogen (secondary N) is 1. The summed E-state index contributed by atoms with van der Waals surface area (Å²) in [7, 11) is 0. The summed E-state index contributed by atoms with van der Waals surface area (Å²) in [5, 5.41) is 23.4. The Morgan fingerprint density at radius 1 is 1.33 bits per heavy atom. The maximum Gasteiger partial charge on any atom is 0.311 e. The third-order valence-electron chi connectivity index (χ3n) is 2.83. The number of rotatable bonds is 3. The first-order chi connectivity index (χ1) is 9.90. The second-order valence-electron chi connectivity index (χ2n) is 4.37. The number of nitro benzene ring substituents is 1. The maximum absolute atomic E-state index is 12.1. The van der Waals surface area contributed by atoms with Gasteiger partial charge in [-0.1, -0.05) is 23.7 Å². The van der Waals surface area contributed by atoms with E-state index in [1.165, 1.54) is 12.1 Å². The molecule has 2 aromatic carbocycles. The average molecular weight is 307 g/mol. The van der Waals surface area contributed by atoms with Crippen molar-refractivity contribution in [3.8, 4) is 5.75 Å². The van der Waals surface area contributed by atoms with Crippen molar-refractivity contribution in [3.05, 3.63) is 62.7 Å². The zero-order valence-corrected chi connectivity index (χ0v) is 11.7. The number of para-hydroxylation sites is 1. The Bertz CT molecular complexity index is 731. The van der Waals surface area contributed by atoms with Crippen molar-refractivity contribution in [1.82, 2.24) is 0 Å². The number of carbonyl (C=O) groups is 1. The van der Waals surface area contributed by atoms with E-state index in [4.69, 9.17) is 11.6 Å². The summed E-state index contributed by atoms with van der Waals surface area (Å²) < 4.78 is 0. The molecule has 0 saturated carbocycles. The van der Waals surface area contributed by atoms with Crippen LogP contribution in [0.2, 0.25) is 5.02 Å². The zero-order valence-electron chi connectivity index (χ0n) is 11.0. The van der Waals surface area contributed by atoms with Crippen molar-refractivity contribution in [2.45, 2.75) is 6.92 Å². The van der Waals surface area contributed by atoms with Crippen molar-refractivity contribution in [2.24, 2.45) is 0 Å². The van der Waals surface area contributed by atoms with Gasteiger partial charge in [-0.15, -0.1) is 0 Å². The molecule has 0 atom stereocenters. The van der Waals surface area contributed by atoms with Crippen LogP contribution < -0.4 is 5.32 Å². The highest BCUT2D eigenvalue weighted by Gasteiger charge is 2.21. The van der Waals surface area contributed by atoms with Crippen LogP contribution in [0.1, 0.15) is 15.9 Å². The number of benzene rings is 2. The predicted octanol–water partition coefficient (Wildman–Crippen LogP) is 3.51. The van der Waals surface area contributed by atoms with Gasteiger partial charge >= 0.3 is 5.69 Å².